The largest absolute Gasteiger partial charge is 0.472 e. The zero-order valence-corrected chi connectivity index (χ0v) is 66.4. The van der Waals surface area contributed by atoms with Crippen LogP contribution < -0.4 is 0 Å². The average molecular weight is 1450 g/mol. The molecule has 0 amide bonds. The number of carbonyl (C=O) groups excluding carboxylic acids is 4. The molecule has 588 valence electrons. The molecule has 0 aromatic heterocycles. The predicted molar refractivity (Wildman–Crippen MR) is 405 cm³/mol. The van der Waals surface area contributed by atoms with Gasteiger partial charge in [0.05, 0.1) is 26.4 Å². The molecule has 17 nitrogen and oxygen atoms in total. The number of hydrogen-bond donors (Lipinski definition) is 3. The van der Waals surface area contributed by atoms with Crippen molar-refractivity contribution in [3.63, 3.8) is 0 Å². The number of aliphatic hydroxyl groups excluding tert-OH is 1. The lowest BCUT2D eigenvalue weighted by Gasteiger charge is -2.21. The van der Waals surface area contributed by atoms with Crippen LogP contribution >= 0.6 is 15.6 Å². The lowest BCUT2D eigenvalue weighted by molar-refractivity contribution is -0.161. The summed E-state index contributed by atoms with van der Waals surface area (Å²) in [4.78, 5) is 73.0. The summed E-state index contributed by atoms with van der Waals surface area (Å²) in [7, 11) is -9.92. The van der Waals surface area contributed by atoms with Gasteiger partial charge in [0.2, 0.25) is 0 Å². The van der Waals surface area contributed by atoms with Crippen LogP contribution in [0.25, 0.3) is 0 Å². The molecular formula is C80H156O17P2. The normalized spacial score (nSPS) is 14.1. The first-order valence-corrected chi connectivity index (χ1v) is 44.7. The van der Waals surface area contributed by atoms with Crippen molar-refractivity contribution in [3.05, 3.63) is 0 Å². The van der Waals surface area contributed by atoms with Gasteiger partial charge < -0.3 is 33.8 Å². The Balaban J connectivity index is 5.26. The second-order valence-electron chi connectivity index (χ2n) is 29.1. The lowest BCUT2D eigenvalue weighted by atomic mass is 9.99. The molecule has 0 spiro atoms. The molecule has 0 saturated carbocycles. The first-order chi connectivity index (χ1) is 48.1. The number of hydrogen-bond acceptors (Lipinski definition) is 15. The third kappa shape index (κ3) is 72.8. The Labute approximate surface area is 607 Å². The van der Waals surface area contributed by atoms with Gasteiger partial charge in [-0.2, -0.15) is 0 Å². The van der Waals surface area contributed by atoms with Crippen LogP contribution in [0.15, 0.2) is 0 Å². The smallest absolute Gasteiger partial charge is 0.462 e. The highest BCUT2D eigenvalue weighted by Crippen LogP contribution is 2.45. The lowest BCUT2D eigenvalue weighted by Crippen LogP contribution is -2.30. The summed E-state index contributed by atoms with van der Waals surface area (Å²) in [6.07, 6.45) is 63.5. The molecule has 0 bridgehead atoms. The van der Waals surface area contributed by atoms with Gasteiger partial charge in [0.25, 0.3) is 0 Å². The third-order valence-electron chi connectivity index (χ3n) is 19.1. The van der Waals surface area contributed by atoms with Crippen LogP contribution in [0.5, 0.6) is 0 Å². The highest BCUT2D eigenvalue weighted by atomic mass is 31.2. The molecular weight excluding hydrogens is 1290 g/mol. The zero-order valence-electron chi connectivity index (χ0n) is 64.6. The Morgan fingerprint density at radius 3 is 0.717 bits per heavy atom. The summed E-state index contributed by atoms with van der Waals surface area (Å²) in [5.74, 6) is -1.26. The van der Waals surface area contributed by atoms with E-state index in [1.807, 2.05) is 0 Å². The van der Waals surface area contributed by atoms with Crippen LogP contribution in [0.1, 0.15) is 426 Å². The van der Waals surface area contributed by atoms with Crippen molar-refractivity contribution in [2.24, 2.45) is 5.92 Å². The summed E-state index contributed by atoms with van der Waals surface area (Å²) < 4.78 is 68.7. The average Bonchev–Trinajstić information content (AvgIpc) is 1.00. The Morgan fingerprint density at radius 2 is 0.485 bits per heavy atom. The molecule has 0 heterocycles. The SMILES string of the molecule is CCCCCCCCCCCCCCCCC(=O)OC[C@H](COP(=O)(O)OC[C@@H](O)COP(=O)(O)OC[C@@H](COC(=O)CCCCCCCCCCCCCCC)OC(=O)CCCCCCCCCCCCCCCC)OC(=O)CCCCCCCCCCCCCCCCC(C)CC. The molecule has 0 aliphatic carbocycles. The first kappa shape index (κ1) is 97.1. The van der Waals surface area contributed by atoms with Gasteiger partial charge in [0.1, 0.15) is 19.3 Å². The second kappa shape index (κ2) is 73.0. The van der Waals surface area contributed by atoms with Crippen LogP contribution in [0, 0.1) is 5.92 Å². The summed E-state index contributed by atoms with van der Waals surface area (Å²) in [6.45, 7) is 7.39. The maximum atomic E-state index is 13.1. The molecule has 0 aromatic rings. The van der Waals surface area contributed by atoms with Gasteiger partial charge in [0.15, 0.2) is 12.2 Å². The van der Waals surface area contributed by atoms with Gasteiger partial charge in [-0.3, -0.25) is 37.3 Å². The van der Waals surface area contributed by atoms with Gasteiger partial charge in [-0.1, -0.05) is 375 Å². The Morgan fingerprint density at radius 1 is 0.283 bits per heavy atom. The standard InChI is InChI=1S/C80H156O17P2/c1-6-10-13-16-19-22-25-28-34-39-44-49-54-59-64-78(83)91-70-76(97-80(85)66-61-56-51-46-41-36-31-30-33-37-42-47-52-57-62-73(5)9-4)72-95-99(88,89)93-68-74(81)67-92-98(86,87)94-71-75(69-90-77(82)63-58-53-48-43-38-32-27-24-21-18-15-12-8-3)96-79(84)65-60-55-50-45-40-35-29-26-23-20-17-14-11-7-2/h73-76,81H,6-72H2,1-5H3,(H,86,87)(H,88,89)/t73?,74-,75+,76+/m0/s1. The maximum Gasteiger partial charge on any atom is 0.472 e. The van der Waals surface area contributed by atoms with E-state index in [4.69, 9.17) is 37.0 Å². The van der Waals surface area contributed by atoms with Crippen molar-refractivity contribution in [3.8, 4) is 0 Å². The molecule has 99 heavy (non-hydrogen) atoms. The van der Waals surface area contributed by atoms with E-state index in [9.17, 15) is 43.2 Å². The number of phosphoric acid groups is 2. The minimum atomic E-state index is -4.96. The van der Waals surface area contributed by atoms with Crippen molar-refractivity contribution in [2.45, 2.75) is 445 Å². The molecule has 3 N–H and O–H groups in total. The maximum absolute atomic E-state index is 13.1. The third-order valence-corrected chi connectivity index (χ3v) is 21.0. The first-order valence-electron chi connectivity index (χ1n) is 41.7. The molecule has 0 aliphatic heterocycles. The molecule has 0 saturated heterocycles. The highest BCUT2D eigenvalue weighted by Gasteiger charge is 2.30. The summed E-state index contributed by atoms with van der Waals surface area (Å²) in [5.41, 5.74) is 0. The molecule has 0 aliphatic rings. The van der Waals surface area contributed by atoms with E-state index < -0.39 is 97.5 Å². The Bertz CT molecular complexity index is 1890. The van der Waals surface area contributed by atoms with Crippen molar-refractivity contribution >= 4 is 39.5 Å². The summed E-state index contributed by atoms with van der Waals surface area (Å²) >= 11 is 0. The van der Waals surface area contributed by atoms with Crippen molar-refractivity contribution in [1.29, 1.82) is 0 Å². The molecule has 6 atom stereocenters. The quantitative estimate of drug-likeness (QED) is 0.0222. The fraction of sp³-hybridized carbons (Fsp3) is 0.950. The topological polar surface area (TPSA) is 237 Å². The fourth-order valence-electron chi connectivity index (χ4n) is 12.4. The van der Waals surface area contributed by atoms with Crippen molar-refractivity contribution < 1.29 is 80.2 Å². The van der Waals surface area contributed by atoms with Gasteiger partial charge in [-0.15, -0.1) is 0 Å². The van der Waals surface area contributed by atoms with E-state index in [-0.39, 0.29) is 25.7 Å². The number of ether oxygens (including phenoxy) is 4. The number of rotatable bonds is 80. The molecule has 3 unspecified atom stereocenters. The van der Waals surface area contributed by atoms with Crippen molar-refractivity contribution in [2.75, 3.05) is 39.6 Å². The van der Waals surface area contributed by atoms with E-state index in [0.29, 0.717) is 25.7 Å². The Hall–Kier alpha value is -1.94. The number of esters is 4. The molecule has 0 radical (unpaired) electrons. The van der Waals surface area contributed by atoms with Crippen LogP contribution in [-0.4, -0.2) is 96.7 Å². The van der Waals surface area contributed by atoms with Crippen molar-refractivity contribution in [1.82, 2.24) is 0 Å². The van der Waals surface area contributed by atoms with Crippen LogP contribution in [-0.2, 0) is 65.4 Å². The van der Waals surface area contributed by atoms with Gasteiger partial charge >= 0.3 is 39.5 Å². The minimum absolute atomic E-state index is 0.109. The predicted octanol–water partition coefficient (Wildman–Crippen LogP) is 24.0. The summed E-state index contributed by atoms with van der Waals surface area (Å²) in [6, 6.07) is 0. The van der Waals surface area contributed by atoms with Crippen LogP contribution in [0.2, 0.25) is 0 Å². The van der Waals surface area contributed by atoms with Gasteiger partial charge in [-0.05, 0) is 31.6 Å². The van der Waals surface area contributed by atoms with E-state index in [2.05, 4.69) is 34.6 Å². The zero-order chi connectivity index (χ0) is 72.7. The van der Waals surface area contributed by atoms with Gasteiger partial charge in [0, 0.05) is 25.7 Å². The molecule has 0 fully saturated rings. The monoisotopic (exact) mass is 1450 g/mol. The minimum Gasteiger partial charge on any atom is -0.462 e. The second-order valence-corrected chi connectivity index (χ2v) is 32.0. The highest BCUT2D eigenvalue weighted by molar-refractivity contribution is 7.47. The summed E-state index contributed by atoms with van der Waals surface area (Å²) in [5, 5.41) is 10.6. The molecule has 0 aromatic carbocycles. The van der Waals surface area contributed by atoms with Gasteiger partial charge in [-0.25, -0.2) is 9.13 Å². The van der Waals surface area contributed by atoms with E-state index in [0.717, 1.165) is 95.8 Å². The van der Waals surface area contributed by atoms with E-state index >= 15 is 0 Å². The molecule has 19 heteroatoms. The van der Waals surface area contributed by atoms with E-state index in [1.165, 1.54) is 250 Å². The fourth-order valence-corrected chi connectivity index (χ4v) is 14.0. The Kier molecular flexibility index (Phi) is 71.6. The number of phosphoric ester groups is 2. The molecule has 0 rings (SSSR count). The number of unbranched alkanes of at least 4 members (excludes halogenated alkanes) is 51. The van der Waals surface area contributed by atoms with E-state index in [1.54, 1.807) is 0 Å². The number of carbonyl (C=O) groups is 4. The van der Waals surface area contributed by atoms with Crippen LogP contribution in [0.3, 0.4) is 0 Å². The van der Waals surface area contributed by atoms with Crippen LogP contribution in [0.4, 0.5) is 0 Å². The number of aliphatic hydroxyl groups is 1.